The molecule has 0 aliphatic carbocycles. The largest absolute Gasteiger partial charge is 0.497 e. The van der Waals surface area contributed by atoms with Crippen LogP contribution in [0.4, 0.5) is 0 Å². The second kappa shape index (κ2) is 10.4. The fourth-order valence-electron chi connectivity index (χ4n) is 2.66. The van der Waals surface area contributed by atoms with Crippen molar-refractivity contribution in [3.8, 4) is 11.5 Å². The average Bonchev–Trinajstić information content (AvgIpc) is 2.75. The first-order valence-electron chi connectivity index (χ1n) is 9.65. The lowest BCUT2D eigenvalue weighted by atomic mass is 9.87. The average molecular weight is 425 g/mol. The van der Waals surface area contributed by atoms with Crippen LogP contribution >= 0.6 is 0 Å². The number of carbonyl (C=O) groups excluding carboxylic acids is 3. The molecule has 0 aromatic heterocycles. The number of methoxy groups -OCH3 is 2. The SMILES string of the molecule is COc1ccc(/C=C/C(=O)OCC(=O)NC(=O)c2ccc(C(C)(C)C)cc2)c(OC)c1. The molecule has 164 valence electrons. The Bertz CT molecular complexity index is 971. The number of hydrogen-bond donors (Lipinski definition) is 1. The molecule has 0 saturated heterocycles. The lowest BCUT2D eigenvalue weighted by Crippen LogP contribution is -2.34. The number of hydrogen-bond acceptors (Lipinski definition) is 6. The van der Waals surface area contributed by atoms with Gasteiger partial charge in [0.25, 0.3) is 11.8 Å². The fourth-order valence-corrected chi connectivity index (χ4v) is 2.66. The van der Waals surface area contributed by atoms with Gasteiger partial charge in [-0.25, -0.2) is 4.79 Å². The zero-order chi connectivity index (χ0) is 23.0. The summed E-state index contributed by atoms with van der Waals surface area (Å²) < 4.78 is 15.3. The maximum atomic E-state index is 12.2. The third kappa shape index (κ3) is 6.99. The quantitative estimate of drug-likeness (QED) is 0.539. The lowest BCUT2D eigenvalue weighted by molar-refractivity contribution is -0.143. The molecule has 0 bridgehead atoms. The minimum Gasteiger partial charge on any atom is -0.497 e. The van der Waals surface area contributed by atoms with Crippen molar-refractivity contribution in [1.82, 2.24) is 5.32 Å². The summed E-state index contributed by atoms with van der Waals surface area (Å²) in [4.78, 5) is 36.0. The van der Waals surface area contributed by atoms with Gasteiger partial charge in [-0.3, -0.25) is 14.9 Å². The van der Waals surface area contributed by atoms with Gasteiger partial charge in [-0.2, -0.15) is 0 Å². The molecule has 0 aliphatic rings. The van der Waals surface area contributed by atoms with Crippen LogP contribution in [0.2, 0.25) is 0 Å². The van der Waals surface area contributed by atoms with Crippen LogP contribution in [0, 0.1) is 0 Å². The third-order valence-corrected chi connectivity index (χ3v) is 4.45. The second-order valence-corrected chi connectivity index (χ2v) is 7.75. The topological polar surface area (TPSA) is 90.9 Å². The van der Waals surface area contributed by atoms with Crippen molar-refractivity contribution >= 4 is 23.9 Å². The molecule has 2 amide bonds. The number of rotatable bonds is 7. The lowest BCUT2D eigenvalue weighted by Gasteiger charge is -2.18. The number of imide groups is 1. The van der Waals surface area contributed by atoms with Crippen LogP contribution in [0.5, 0.6) is 11.5 Å². The monoisotopic (exact) mass is 425 g/mol. The van der Waals surface area contributed by atoms with Crippen molar-refractivity contribution in [1.29, 1.82) is 0 Å². The van der Waals surface area contributed by atoms with Crippen LogP contribution in [0.25, 0.3) is 6.08 Å². The van der Waals surface area contributed by atoms with E-state index in [1.54, 1.807) is 37.4 Å². The Hall–Kier alpha value is -3.61. The highest BCUT2D eigenvalue weighted by atomic mass is 16.5. The van der Waals surface area contributed by atoms with E-state index in [1.165, 1.54) is 19.3 Å². The molecule has 0 heterocycles. The van der Waals surface area contributed by atoms with Crippen LogP contribution < -0.4 is 14.8 Å². The van der Waals surface area contributed by atoms with E-state index in [0.717, 1.165) is 5.56 Å². The maximum absolute atomic E-state index is 12.2. The van der Waals surface area contributed by atoms with E-state index >= 15 is 0 Å². The van der Waals surface area contributed by atoms with Crippen LogP contribution in [0.3, 0.4) is 0 Å². The normalized spacial score (nSPS) is 11.1. The second-order valence-electron chi connectivity index (χ2n) is 7.75. The molecule has 1 N–H and O–H groups in total. The fraction of sp³-hybridized carbons (Fsp3) is 0.292. The summed E-state index contributed by atoms with van der Waals surface area (Å²) in [7, 11) is 3.04. The summed E-state index contributed by atoms with van der Waals surface area (Å²) in [5, 5.41) is 2.20. The molecule has 2 rings (SSSR count). The van der Waals surface area contributed by atoms with E-state index in [9.17, 15) is 14.4 Å². The highest BCUT2D eigenvalue weighted by molar-refractivity contribution is 6.05. The van der Waals surface area contributed by atoms with E-state index in [-0.39, 0.29) is 5.41 Å². The summed E-state index contributed by atoms with van der Waals surface area (Å²) in [5.41, 5.74) is 2.02. The molecular formula is C24H27NO6. The van der Waals surface area contributed by atoms with Crippen molar-refractivity contribution in [2.45, 2.75) is 26.2 Å². The zero-order valence-corrected chi connectivity index (χ0v) is 18.4. The number of ether oxygens (including phenoxy) is 3. The standard InChI is InChI=1S/C24H27NO6/c1-24(2,3)18-10-6-17(7-11-18)23(28)25-21(26)15-31-22(27)13-9-16-8-12-19(29-4)14-20(16)30-5/h6-14H,15H2,1-5H3,(H,25,26,28)/b13-9+. The van der Waals surface area contributed by atoms with Gasteiger partial charge in [-0.15, -0.1) is 0 Å². The smallest absolute Gasteiger partial charge is 0.331 e. The summed E-state index contributed by atoms with van der Waals surface area (Å²) in [5.74, 6) is -0.862. The minimum absolute atomic E-state index is 0.0393. The van der Waals surface area contributed by atoms with E-state index < -0.39 is 24.4 Å². The van der Waals surface area contributed by atoms with E-state index in [2.05, 4.69) is 26.1 Å². The number of esters is 1. The Morgan fingerprint density at radius 2 is 1.65 bits per heavy atom. The Kier molecular flexibility index (Phi) is 7.96. The molecular weight excluding hydrogens is 398 g/mol. The highest BCUT2D eigenvalue weighted by Gasteiger charge is 2.16. The molecule has 0 aliphatic heterocycles. The number of benzene rings is 2. The van der Waals surface area contributed by atoms with Crippen LogP contribution in [0.1, 0.15) is 42.3 Å². The first-order chi connectivity index (χ1) is 14.6. The van der Waals surface area contributed by atoms with Crippen molar-refractivity contribution in [2.75, 3.05) is 20.8 Å². The molecule has 31 heavy (non-hydrogen) atoms. The van der Waals surface area contributed by atoms with Gasteiger partial charge in [0, 0.05) is 23.3 Å². The molecule has 0 radical (unpaired) electrons. The molecule has 0 spiro atoms. The Balaban J connectivity index is 1.87. The van der Waals surface area contributed by atoms with Gasteiger partial charge in [-0.05, 0) is 41.3 Å². The molecule has 7 nitrogen and oxygen atoms in total. The predicted molar refractivity (Wildman–Crippen MR) is 117 cm³/mol. The Morgan fingerprint density at radius 3 is 2.23 bits per heavy atom. The first kappa shape index (κ1) is 23.7. The van der Waals surface area contributed by atoms with Gasteiger partial charge in [0.15, 0.2) is 6.61 Å². The molecule has 2 aromatic carbocycles. The molecule has 0 unspecified atom stereocenters. The van der Waals surface area contributed by atoms with Gasteiger partial charge in [0.2, 0.25) is 0 Å². The predicted octanol–water partition coefficient (Wildman–Crippen LogP) is 3.51. The molecule has 0 atom stereocenters. The molecule has 0 fully saturated rings. The third-order valence-electron chi connectivity index (χ3n) is 4.45. The summed E-state index contributed by atoms with van der Waals surface area (Å²) in [6, 6.07) is 12.1. The van der Waals surface area contributed by atoms with Gasteiger partial charge in [-0.1, -0.05) is 32.9 Å². The van der Waals surface area contributed by atoms with Gasteiger partial charge in [0.1, 0.15) is 11.5 Å². The van der Waals surface area contributed by atoms with E-state index in [0.29, 0.717) is 22.6 Å². The Labute approximate surface area is 182 Å². The summed E-state index contributed by atoms with van der Waals surface area (Å²) >= 11 is 0. The number of carbonyl (C=O) groups is 3. The molecule has 7 heteroatoms. The van der Waals surface area contributed by atoms with Crippen molar-refractivity contribution in [3.05, 3.63) is 65.2 Å². The molecule has 0 saturated carbocycles. The maximum Gasteiger partial charge on any atom is 0.331 e. The van der Waals surface area contributed by atoms with Crippen molar-refractivity contribution in [2.24, 2.45) is 0 Å². The van der Waals surface area contributed by atoms with E-state index in [1.807, 2.05) is 12.1 Å². The first-order valence-corrected chi connectivity index (χ1v) is 9.65. The highest BCUT2D eigenvalue weighted by Crippen LogP contribution is 2.25. The number of amides is 2. The minimum atomic E-state index is -0.727. The number of nitrogens with one attached hydrogen (secondary N) is 1. The summed E-state index contributed by atoms with van der Waals surface area (Å²) in [6.07, 6.45) is 2.67. The molecule has 2 aromatic rings. The van der Waals surface area contributed by atoms with Gasteiger partial charge >= 0.3 is 5.97 Å². The summed E-state index contributed by atoms with van der Waals surface area (Å²) in [6.45, 7) is 5.63. The zero-order valence-electron chi connectivity index (χ0n) is 18.4. The van der Waals surface area contributed by atoms with Gasteiger partial charge in [0.05, 0.1) is 14.2 Å². The Morgan fingerprint density at radius 1 is 0.968 bits per heavy atom. The van der Waals surface area contributed by atoms with Crippen LogP contribution in [-0.4, -0.2) is 38.6 Å². The van der Waals surface area contributed by atoms with Crippen LogP contribution in [0.15, 0.2) is 48.5 Å². The van der Waals surface area contributed by atoms with Crippen molar-refractivity contribution in [3.63, 3.8) is 0 Å². The van der Waals surface area contributed by atoms with Crippen molar-refractivity contribution < 1.29 is 28.6 Å². The van der Waals surface area contributed by atoms with E-state index in [4.69, 9.17) is 14.2 Å². The van der Waals surface area contributed by atoms with Gasteiger partial charge < -0.3 is 14.2 Å². The van der Waals surface area contributed by atoms with Crippen LogP contribution in [-0.2, 0) is 19.7 Å².